The molecule has 0 saturated carbocycles. The second-order valence-corrected chi connectivity index (χ2v) is 5.82. The molecule has 0 amide bonds. The molecule has 5 nitrogen and oxygen atoms in total. The summed E-state index contributed by atoms with van der Waals surface area (Å²) in [6, 6.07) is 3.78. The third-order valence-corrected chi connectivity index (χ3v) is 4.36. The molecule has 0 radical (unpaired) electrons. The van der Waals surface area contributed by atoms with Gasteiger partial charge in [0.05, 0.1) is 9.99 Å². The van der Waals surface area contributed by atoms with Crippen LogP contribution >= 0.6 is 15.9 Å². The van der Waals surface area contributed by atoms with Gasteiger partial charge in [-0.1, -0.05) is 0 Å². The zero-order valence-electron chi connectivity index (χ0n) is 11.3. The number of halogens is 1. The maximum atomic E-state index is 10.2. The predicted molar refractivity (Wildman–Crippen MR) is 78.9 cm³/mol. The average Bonchev–Trinajstić information content (AvgIpc) is 2.84. The van der Waals surface area contributed by atoms with Crippen LogP contribution in [0.1, 0.15) is 24.6 Å². The Hall–Kier alpha value is -1.11. The molecule has 2 heterocycles. The third-order valence-electron chi connectivity index (χ3n) is 3.72. The number of methoxy groups -OCH3 is 1. The number of phenols is 1. The fourth-order valence-electron chi connectivity index (χ4n) is 2.70. The van der Waals surface area contributed by atoms with E-state index in [9.17, 15) is 5.11 Å². The number of benzene rings is 1. The summed E-state index contributed by atoms with van der Waals surface area (Å²) in [7, 11) is 1.66. The van der Waals surface area contributed by atoms with Crippen LogP contribution in [0.4, 0.5) is 0 Å². The van der Waals surface area contributed by atoms with Crippen LogP contribution in [0.3, 0.4) is 0 Å². The lowest BCUT2D eigenvalue weighted by Crippen LogP contribution is -2.18. The van der Waals surface area contributed by atoms with Crippen LogP contribution in [0.15, 0.2) is 16.6 Å². The number of nitrogens with zero attached hydrogens (tertiary/aromatic N) is 2. The molecule has 0 bridgehead atoms. The van der Waals surface area contributed by atoms with Crippen LogP contribution < -0.4 is 0 Å². The lowest BCUT2D eigenvalue weighted by molar-refractivity contribution is 0.0788. The molecular weight excluding hydrogens is 324 g/mol. The standard InChI is InChI=1S/C14H17BrN2O3/c1-19-8-17-11-3-2-10(15)13(18)12(11)16-14(17)9-4-6-20-7-5-9/h2-3,9,18H,4-8H2,1H3. The molecule has 1 fully saturated rings. The van der Waals surface area contributed by atoms with E-state index in [2.05, 4.69) is 20.9 Å². The summed E-state index contributed by atoms with van der Waals surface area (Å²) in [4.78, 5) is 4.66. The smallest absolute Gasteiger partial charge is 0.157 e. The SMILES string of the molecule is COCn1c(C2CCOCC2)nc2c(O)c(Br)ccc21. The van der Waals surface area contributed by atoms with Gasteiger partial charge >= 0.3 is 0 Å². The molecule has 3 rings (SSSR count). The lowest BCUT2D eigenvalue weighted by Gasteiger charge is -2.22. The highest BCUT2D eigenvalue weighted by Gasteiger charge is 2.24. The summed E-state index contributed by atoms with van der Waals surface area (Å²) in [6.07, 6.45) is 1.91. The summed E-state index contributed by atoms with van der Waals surface area (Å²) >= 11 is 3.33. The molecule has 1 N–H and O–H groups in total. The molecule has 0 aliphatic carbocycles. The second kappa shape index (κ2) is 5.71. The first-order chi connectivity index (χ1) is 9.72. The lowest BCUT2D eigenvalue weighted by atomic mass is 9.99. The zero-order valence-corrected chi connectivity index (χ0v) is 12.9. The molecule has 108 valence electrons. The first-order valence-corrected chi connectivity index (χ1v) is 7.46. The maximum Gasteiger partial charge on any atom is 0.157 e. The van der Waals surface area contributed by atoms with E-state index in [0.29, 0.717) is 22.6 Å². The average molecular weight is 341 g/mol. The molecular formula is C14H17BrN2O3. The van der Waals surface area contributed by atoms with Crippen LogP contribution in [0.2, 0.25) is 0 Å². The minimum absolute atomic E-state index is 0.186. The van der Waals surface area contributed by atoms with Gasteiger partial charge in [0.15, 0.2) is 5.75 Å². The topological polar surface area (TPSA) is 56.5 Å². The van der Waals surface area contributed by atoms with Gasteiger partial charge in [-0.25, -0.2) is 4.98 Å². The number of ether oxygens (including phenoxy) is 2. The van der Waals surface area contributed by atoms with Gasteiger partial charge in [0.1, 0.15) is 18.1 Å². The number of hydrogen-bond donors (Lipinski definition) is 1. The van der Waals surface area contributed by atoms with Gasteiger partial charge in [0, 0.05) is 26.2 Å². The van der Waals surface area contributed by atoms with Gasteiger partial charge in [-0.3, -0.25) is 0 Å². The van der Waals surface area contributed by atoms with Crippen molar-refractivity contribution in [3.05, 3.63) is 22.4 Å². The van der Waals surface area contributed by atoms with E-state index in [-0.39, 0.29) is 5.75 Å². The largest absolute Gasteiger partial charge is 0.504 e. The zero-order chi connectivity index (χ0) is 14.1. The molecule has 1 aliphatic heterocycles. The van der Waals surface area contributed by atoms with Crippen LogP contribution in [-0.4, -0.2) is 35.0 Å². The molecule has 0 spiro atoms. The fourth-order valence-corrected chi connectivity index (χ4v) is 3.02. The summed E-state index contributed by atoms with van der Waals surface area (Å²) in [5.74, 6) is 1.51. The van der Waals surface area contributed by atoms with Gasteiger partial charge in [0.2, 0.25) is 0 Å². The second-order valence-electron chi connectivity index (χ2n) is 4.97. The number of aromatic hydroxyl groups is 1. The van der Waals surface area contributed by atoms with E-state index in [1.54, 1.807) is 7.11 Å². The van der Waals surface area contributed by atoms with E-state index < -0.39 is 0 Å². The van der Waals surface area contributed by atoms with Crippen LogP contribution in [0.25, 0.3) is 11.0 Å². The maximum absolute atomic E-state index is 10.2. The minimum atomic E-state index is 0.186. The van der Waals surface area contributed by atoms with E-state index >= 15 is 0 Å². The van der Waals surface area contributed by atoms with Crippen molar-refractivity contribution < 1.29 is 14.6 Å². The Kier molecular flexibility index (Phi) is 3.96. The van der Waals surface area contributed by atoms with E-state index in [0.717, 1.165) is 37.4 Å². The van der Waals surface area contributed by atoms with Crippen LogP contribution in [-0.2, 0) is 16.2 Å². The summed E-state index contributed by atoms with van der Waals surface area (Å²) in [5.41, 5.74) is 1.52. The Balaban J connectivity index is 2.14. The van der Waals surface area contributed by atoms with E-state index in [4.69, 9.17) is 9.47 Å². The van der Waals surface area contributed by atoms with Crippen molar-refractivity contribution in [3.63, 3.8) is 0 Å². The third kappa shape index (κ3) is 2.32. The minimum Gasteiger partial charge on any atom is -0.504 e. The highest BCUT2D eigenvalue weighted by Crippen LogP contribution is 2.36. The molecule has 1 saturated heterocycles. The Morgan fingerprint density at radius 1 is 1.45 bits per heavy atom. The van der Waals surface area contributed by atoms with Crippen molar-refractivity contribution in [1.82, 2.24) is 9.55 Å². The number of fused-ring (bicyclic) bond motifs is 1. The summed E-state index contributed by atoms with van der Waals surface area (Å²) in [5, 5.41) is 10.2. The highest BCUT2D eigenvalue weighted by molar-refractivity contribution is 9.10. The number of hydrogen-bond acceptors (Lipinski definition) is 4. The van der Waals surface area contributed by atoms with Crippen molar-refractivity contribution >= 4 is 27.0 Å². The van der Waals surface area contributed by atoms with Gasteiger partial charge in [-0.05, 0) is 40.9 Å². The number of phenolic OH excluding ortho intramolecular Hbond substituents is 1. The van der Waals surface area contributed by atoms with Crippen molar-refractivity contribution in [2.24, 2.45) is 0 Å². The predicted octanol–water partition coefficient (Wildman–Crippen LogP) is 3.00. The van der Waals surface area contributed by atoms with Gasteiger partial charge in [-0.2, -0.15) is 0 Å². The first kappa shape index (κ1) is 13.9. The molecule has 0 atom stereocenters. The first-order valence-electron chi connectivity index (χ1n) is 6.66. The molecule has 6 heteroatoms. The Labute approximate surface area is 125 Å². The van der Waals surface area contributed by atoms with Gasteiger partial charge < -0.3 is 19.1 Å². The summed E-state index contributed by atoms with van der Waals surface area (Å²) < 4.78 is 13.4. The molecule has 2 aromatic rings. The fraction of sp³-hybridized carbons (Fsp3) is 0.500. The van der Waals surface area contributed by atoms with Crippen molar-refractivity contribution in [2.75, 3.05) is 20.3 Å². The van der Waals surface area contributed by atoms with Crippen LogP contribution in [0.5, 0.6) is 5.75 Å². The number of imidazole rings is 1. The number of rotatable bonds is 3. The molecule has 20 heavy (non-hydrogen) atoms. The normalized spacial score (nSPS) is 16.9. The highest BCUT2D eigenvalue weighted by atomic mass is 79.9. The van der Waals surface area contributed by atoms with Crippen molar-refractivity contribution in [2.45, 2.75) is 25.5 Å². The molecule has 1 aromatic heterocycles. The molecule has 1 aliphatic rings. The Morgan fingerprint density at radius 3 is 2.90 bits per heavy atom. The number of aromatic nitrogens is 2. The van der Waals surface area contributed by atoms with Gasteiger partial charge in [0.25, 0.3) is 0 Å². The molecule has 1 aromatic carbocycles. The Morgan fingerprint density at radius 2 is 2.20 bits per heavy atom. The van der Waals surface area contributed by atoms with E-state index in [1.807, 2.05) is 16.7 Å². The quantitative estimate of drug-likeness (QED) is 0.933. The molecule has 0 unspecified atom stereocenters. The van der Waals surface area contributed by atoms with Crippen molar-refractivity contribution in [3.8, 4) is 5.75 Å². The van der Waals surface area contributed by atoms with E-state index in [1.165, 1.54) is 0 Å². The van der Waals surface area contributed by atoms with Gasteiger partial charge in [-0.15, -0.1) is 0 Å². The Bertz CT molecular complexity index is 620. The monoisotopic (exact) mass is 340 g/mol. The van der Waals surface area contributed by atoms with Crippen LogP contribution in [0, 0.1) is 0 Å². The van der Waals surface area contributed by atoms with Crippen molar-refractivity contribution in [1.29, 1.82) is 0 Å². The summed E-state index contributed by atoms with van der Waals surface area (Å²) in [6.45, 7) is 1.96.